The van der Waals surface area contributed by atoms with Crippen LogP contribution in [0.25, 0.3) is 0 Å². The highest BCUT2D eigenvalue weighted by atomic mass is 16.7. The molecule has 0 aromatic heterocycles. The molecule has 1 aromatic carbocycles. The molecule has 0 radical (unpaired) electrons. The van der Waals surface area contributed by atoms with E-state index in [4.69, 9.17) is 14.3 Å². The topological polar surface area (TPSA) is 77.1 Å². The summed E-state index contributed by atoms with van der Waals surface area (Å²) in [6.07, 6.45) is 1.23. The quantitative estimate of drug-likeness (QED) is 0.779. The van der Waals surface area contributed by atoms with Gasteiger partial charge in [-0.2, -0.15) is 0 Å². The Bertz CT molecular complexity index is 726. The van der Waals surface area contributed by atoms with E-state index in [1.165, 1.54) is 0 Å². The van der Waals surface area contributed by atoms with Crippen molar-refractivity contribution in [1.29, 1.82) is 0 Å². The van der Waals surface area contributed by atoms with Crippen LogP contribution in [-0.4, -0.2) is 42.9 Å². The number of carbonyl (C=O) groups is 2. The van der Waals surface area contributed by atoms with Crippen molar-refractivity contribution in [3.05, 3.63) is 23.8 Å². The summed E-state index contributed by atoms with van der Waals surface area (Å²) in [5.41, 5.74) is 0.628. The first kappa shape index (κ1) is 23.0. The highest BCUT2D eigenvalue weighted by molar-refractivity contribution is 5.87. The van der Waals surface area contributed by atoms with Crippen molar-refractivity contribution in [2.75, 3.05) is 25.5 Å². The third kappa shape index (κ3) is 6.92. The van der Waals surface area contributed by atoms with Crippen molar-refractivity contribution in [2.45, 2.75) is 65.9 Å². The highest BCUT2D eigenvalue weighted by Gasteiger charge is 2.29. The zero-order chi connectivity index (χ0) is 21.8. The minimum Gasteiger partial charge on any atom is -0.495 e. The standard InChI is InChI=1S/C22H34N2O5/c1-21(2,3)19(25)29-24-12-10-15(11-13-24)16-8-9-17(18(14-16)27-7)23-20(26)28-22(4,5)6/h8-9,14-15H,10-13H2,1-7H3,(H,23,26). The van der Waals surface area contributed by atoms with Gasteiger partial charge in [-0.15, -0.1) is 5.06 Å². The molecule has 162 valence electrons. The van der Waals surface area contributed by atoms with E-state index in [1.54, 1.807) is 12.2 Å². The minimum atomic E-state index is -0.568. The van der Waals surface area contributed by atoms with Crippen molar-refractivity contribution in [3.63, 3.8) is 0 Å². The van der Waals surface area contributed by atoms with Gasteiger partial charge in [-0.3, -0.25) is 5.32 Å². The van der Waals surface area contributed by atoms with Crippen LogP contribution in [0, 0.1) is 5.41 Å². The number of benzene rings is 1. The number of hydroxylamine groups is 2. The van der Waals surface area contributed by atoms with E-state index < -0.39 is 17.1 Å². The fourth-order valence-electron chi connectivity index (χ4n) is 3.01. The predicted octanol–water partition coefficient (Wildman–Crippen LogP) is 4.73. The summed E-state index contributed by atoms with van der Waals surface area (Å²) < 4.78 is 10.8. The third-order valence-corrected chi connectivity index (χ3v) is 4.61. The summed E-state index contributed by atoms with van der Waals surface area (Å²) >= 11 is 0. The number of anilines is 1. The van der Waals surface area contributed by atoms with Gasteiger partial charge in [-0.25, -0.2) is 9.59 Å². The first-order valence-corrected chi connectivity index (χ1v) is 10.0. The normalized spacial score (nSPS) is 16.2. The molecular weight excluding hydrogens is 372 g/mol. The smallest absolute Gasteiger partial charge is 0.412 e. The van der Waals surface area contributed by atoms with Gasteiger partial charge in [0.1, 0.15) is 11.4 Å². The van der Waals surface area contributed by atoms with Crippen LogP contribution < -0.4 is 10.1 Å². The molecule has 0 unspecified atom stereocenters. The van der Waals surface area contributed by atoms with Gasteiger partial charge in [0.2, 0.25) is 0 Å². The Kier molecular flexibility index (Phi) is 7.16. The van der Waals surface area contributed by atoms with Crippen LogP contribution in [0.15, 0.2) is 18.2 Å². The van der Waals surface area contributed by atoms with Crippen molar-refractivity contribution < 1.29 is 23.9 Å². The molecule has 7 heteroatoms. The lowest BCUT2D eigenvalue weighted by molar-refractivity contribution is -0.204. The Morgan fingerprint density at radius 3 is 2.21 bits per heavy atom. The lowest BCUT2D eigenvalue weighted by Gasteiger charge is -2.32. The van der Waals surface area contributed by atoms with Crippen LogP contribution in [-0.2, 0) is 14.4 Å². The van der Waals surface area contributed by atoms with Gasteiger partial charge in [0.25, 0.3) is 0 Å². The average molecular weight is 407 g/mol. The first-order valence-electron chi connectivity index (χ1n) is 10.0. The summed E-state index contributed by atoms with van der Waals surface area (Å²) in [5.74, 6) is 0.717. The molecule has 1 N–H and O–H groups in total. The molecule has 1 saturated heterocycles. The van der Waals surface area contributed by atoms with Gasteiger partial charge >= 0.3 is 12.1 Å². The molecule has 0 aliphatic carbocycles. The first-order chi connectivity index (χ1) is 13.4. The van der Waals surface area contributed by atoms with Gasteiger partial charge in [-0.05, 0) is 78.0 Å². The van der Waals surface area contributed by atoms with E-state index in [0.29, 0.717) is 30.4 Å². The summed E-state index contributed by atoms with van der Waals surface area (Å²) in [6, 6.07) is 5.79. The molecule has 0 bridgehead atoms. The van der Waals surface area contributed by atoms with Crippen molar-refractivity contribution in [2.24, 2.45) is 5.41 Å². The average Bonchev–Trinajstić information content (AvgIpc) is 2.60. The summed E-state index contributed by atoms with van der Waals surface area (Å²) in [5, 5.41) is 4.49. The molecule has 29 heavy (non-hydrogen) atoms. The Balaban J connectivity index is 1.98. The van der Waals surface area contributed by atoms with E-state index in [0.717, 1.165) is 18.4 Å². The van der Waals surface area contributed by atoms with Crippen LogP contribution in [0.1, 0.15) is 65.9 Å². The lowest BCUT2D eigenvalue weighted by atomic mass is 9.90. The van der Waals surface area contributed by atoms with E-state index in [-0.39, 0.29) is 5.97 Å². The molecule has 0 spiro atoms. The molecular formula is C22H34N2O5. The zero-order valence-corrected chi connectivity index (χ0v) is 18.6. The fourth-order valence-corrected chi connectivity index (χ4v) is 3.01. The predicted molar refractivity (Wildman–Crippen MR) is 112 cm³/mol. The summed E-state index contributed by atoms with van der Waals surface area (Å²) in [7, 11) is 1.58. The molecule has 2 rings (SSSR count). The van der Waals surface area contributed by atoms with Crippen LogP contribution >= 0.6 is 0 Å². The molecule has 1 aromatic rings. The Morgan fingerprint density at radius 2 is 1.69 bits per heavy atom. The van der Waals surface area contributed by atoms with Gasteiger partial charge in [0.05, 0.1) is 18.2 Å². The number of piperidine rings is 1. The van der Waals surface area contributed by atoms with Crippen LogP contribution in [0.5, 0.6) is 5.75 Å². The second-order valence-corrected chi connectivity index (χ2v) is 9.42. The number of amides is 1. The van der Waals surface area contributed by atoms with Crippen molar-refractivity contribution >= 4 is 17.7 Å². The molecule has 1 heterocycles. The van der Waals surface area contributed by atoms with Crippen molar-refractivity contribution in [3.8, 4) is 5.75 Å². The van der Waals surface area contributed by atoms with Crippen LogP contribution in [0.2, 0.25) is 0 Å². The molecule has 1 amide bonds. The number of nitrogens with one attached hydrogen (secondary N) is 1. The second kappa shape index (κ2) is 9.03. The molecule has 1 fully saturated rings. The largest absolute Gasteiger partial charge is 0.495 e. The maximum Gasteiger partial charge on any atom is 0.412 e. The lowest BCUT2D eigenvalue weighted by Crippen LogP contribution is -2.38. The Morgan fingerprint density at radius 1 is 1.07 bits per heavy atom. The van der Waals surface area contributed by atoms with Gasteiger partial charge in [0.15, 0.2) is 0 Å². The van der Waals surface area contributed by atoms with E-state index in [2.05, 4.69) is 5.32 Å². The van der Waals surface area contributed by atoms with Gasteiger partial charge in [-0.1, -0.05) is 6.07 Å². The minimum absolute atomic E-state index is 0.213. The number of carbonyl (C=O) groups excluding carboxylic acids is 2. The van der Waals surface area contributed by atoms with E-state index in [1.807, 2.05) is 59.7 Å². The number of ether oxygens (including phenoxy) is 2. The summed E-state index contributed by atoms with van der Waals surface area (Å²) in [4.78, 5) is 29.6. The van der Waals surface area contributed by atoms with Crippen molar-refractivity contribution in [1.82, 2.24) is 5.06 Å². The number of hydrogen-bond donors (Lipinski definition) is 1. The number of rotatable bonds is 4. The van der Waals surface area contributed by atoms with E-state index in [9.17, 15) is 9.59 Å². The molecule has 1 aliphatic heterocycles. The van der Waals surface area contributed by atoms with Crippen LogP contribution in [0.3, 0.4) is 0 Å². The monoisotopic (exact) mass is 406 g/mol. The highest BCUT2D eigenvalue weighted by Crippen LogP contribution is 2.34. The SMILES string of the molecule is COc1cc(C2CCN(OC(=O)C(C)(C)C)CC2)ccc1NC(=O)OC(C)(C)C. The third-order valence-electron chi connectivity index (χ3n) is 4.61. The Hall–Kier alpha value is -2.28. The fraction of sp³-hybridized carbons (Fsp3) is 0.636. The number of nitrogens with zero attached hydrogens (tertiary/aromatic N) is 1. The van der Waals surface area contributed by atoms with Gasteiger partial charge in [0, 0.05) is 13.1 Å². The maximum atomic E-state index is 12.1. The van der Waals surface area contributed by atoms with E-state index >= 15 is 0 Å². The maximum absolute atomic E-state index is 12.1. The van der Waals surface area contributed by atoms with Gasteiger partial charge < -0.3 is 14.3 Å². The second-order valence-electron chi connectivity index (χ2n) is 9.42. The molecule has 7 nitrogen and oxygen atoms in total. The number of methoxy groups -OCH3 is 1. The molecule has 0 atom stereocenters. The molecule has 0 saturated carbocycles. The number of hydrogen-bond acceptors (Lipinski definition) is 6. The van der Waals surface area contributed by atoms with Crippen LogP contribution in [0.4, 0.5) is 10.5 Å². The Labute approximate surface area is 173 Å². The zero-order valence-electron chi connectivity index (χ0n) is 18.6. The summed E-state index contributed by atoms with van der Waals surface area (Å²) in [6.45, 7) is 12.4. The molecule has 1 aliphatic rings.